The van der Waals surface area contributed by atoms with Gasteiger partial charge in [-0.3, -0.25) is 0 Å². The maximum Gasteiger partial charge on any atom is 0.133 e. The predicted molar refractivity (Wildman–Crippen MR) is 54.9 cm³/mol. The summed E-state index contributed by atoms with van der Waals surface area (Å²) in [5.41, 5.74) is 1.14. The zero-order chi connectivity index (χ0) is 10.1. The first-order valence-corrected chi connectivity index (χ1v) is 4.75. The fraction of sp³-hybridized carbons (Fsp3) is 0.600. The minimum atomic E-state index is 0.205. The van der Waals surface area contributed by atoms with Gasteiger partial charge < -0.3 is 0 Å². The third kappa shape index (κ3) is 3.73. The minimum Gasteiger partial charge on any atom is -0.238 e. The maximum atomic E-state index is 5.83. The Morgan fingerprint density at radius 3 is 2.38 bits per heavy atom. The van der Waals surface area contributed by atoms with Crippen LogP contribution in [0.2, 0.25) is 5.15 Å². The third-order valence-electron chi connectivity index (χ3n) is 1.56. The van der Waals surface area contributed by atoms with Crippen LogP contribution in [-0.2, 0) is 6.42 Å². The molecule has 1 heterocycles. The molecule has 0 bridgehead atoms. The Morgan fingerprint density at radius 1 is 1.31 bits per heavy atom. The van der Waals surface area contributed by atoms with E-state index in [1.165, 1.54) is 0 Å². The Kier molecular flexibility index (Phi) is 2.91. The van der Waals surface area contributed by atoms with Crippen LogP contribution in [0.5, 0.6) is 0 Å². The van der Waals surface area contributed by atoms with Gasteiger partial charge in [0.2, 0.25) is 0 Å². The molecule has 0 atom stereocenters. The van der Waals surface area contributed by atoms with Crippen molar-refractivity contribution in [1.29, 1.82) is 0 Å². The summed E-state index contributed by atoms with van der Waals surface area (Å²) in [4.78, 5) is 8.50. The molecule has 0 spiro atoms. The van der Waals surface area contributed by atoms with E-state index in [1.54, 1.807) is 6.07 Å². The molecule has 0 radical (unpaired) electrons. The fourth-order valence-corrected chi connectivity index (χ4v) is 1.40. The summed E-state index contributed by atoms with van der Waals surface area (Å²) in [6.07, 6.45) is 0.856. The van der Waals surface area contributed by atoms with Gasteiger partial charge in [0.05, 0.1) is 0 Å². The van der Waals surface area contributed by atoms with Crippen molar-refractivity contribution in [2.45, 2.75) is 34.1 Å². The smallest absolute Gasteiger partial charge is 0.133 e. The Morgan fingerprint density at radius 2 is 1.92 bits per heavy atom. The summed E-state index contributed by atoms with van der Waals surface area (Å²) in [5.74, 6) is 0.831. The number of rotatable bonds is 1. The standard InChI is InChI=1S/C10H15ClN2/c1-7-5-8(11)13-9(12-7)6-10(2,3)4/h5H,6H2,1-4H3. The first-order chi connectivity index (χ1) is 5.87. The summed E-state index contributed by atoms with van der Waals surface area (Å²) >= 11 is 5.83. The zero-order valence-electron chi connectivity index (χ0n) is 8.56. The van der Waals surface area contributed by atoms with Crippen molar-refractivity contribution >= 4 is 11.6 Å². The average Bonchev–Trinajstić information content (AvgIpc) is 1.78. The Hall–Kier alpha value is -0.630. The molecule has 0 saturated heterocycles. The highest BCUT2D eigenvalue weighted by molar-refractivity contribution is 6.29. The monoisotopic (exact) mass is 198 g/mol. The lowest BCUT2D eigenvalue weighted by molar-refractivity contribution is 0.400. The molecule has 0 aliphatic rings. The molecule has 72 valence electrons. The molecule has 0 fully saturated rings. The van der Waals surface area contributed by atoms with Crippen molar-refractivity contribution in [2.75, 3.05) is 0 Å². The molecular formula is C10H15ClN2. The highest BCUT2D eigenvalue weighted by Gasteiger charge is 2.13. The lowest BCUT2D eigenvalue weighted by Gasteiger charge is -2.16. The highest BCUT2D eigenvalue weighted by Crippen LogP contribution is 2.19. The van der Waals surface area contributed by atoms with E-state index in [-0.39, 0.29) is 5.41 Å². The molecule has 0 N–H and O–H groups in total. The van der Waals surface area contributed by atoms with E-state index < -0.39 is 0 Å². The lowest BCUT2D eigenvalue weighted by atomic mass is 9.92. The van der Waals surface area contributed by atoms with Crippen molar-refractivity contribution in [1.82, 2.24) is 9.97 Å². The summed E-state index contributed by atoms with van der Waals surface area (Å²) in [7, 11) is 0. The molecule has 1 rings (SSSR count). The molecule has 0 unspecified atom stereocenters. The van der Waals surface area contributed by atoms with Crippen molar-refractivity contribution < 1.29 is 0 Å². The van der Waals surface area contributed by atoms with Crippen LogP contribution in [0.3, 0.4) is 0 Å². The van der Waals surface area contributed by atoms with Gasteiger partial charge in [0.15, 0.2) is 0 Å². The van der Waals surface area contributed by atoms with Crippen LogP contribution in [0.25, 0.3) is 0 Å². The number of hydrogen-bond donors (Lipinski definition) is 0. The Labute approximate surface area is 84.4 Å². The van der Waals surface area contributed by atoms with Gasteiger partial charge in [0.25, 0.3) is 0 Å². The molecule has 1 aromatic heterocycles. The highest BCUT2D eigenvalue weighted by atomic mass is 35.5. The zero-order valence-corrected chi connectivity index (χ0v) is 9.31. The third-order valence-corrected chi connectivity index (χ3v) is 1.75. The first kappa shape index (κ1) is 10.5. The van der Waals surface area contributed by atoms with E-state index in [9.17, 15) is 0 Å². The van der Waals surface area contributed by atoms with E-state index in [0.29, 0.717) is 5.15 Å². The van der Waals surface area contributed by atoms with Crippen LogP contribution >= 0.6 is 11.6 Å². The second-order valence-corrected chi connectivity index (χ2v) is 4.87. The summed E-state index contributed by atoms with van der Waals surface area (Å²) in [6.45, 7) is 8.41. The molecule has 2 nitrogen and oxygen atoms in total. The normalized spacial score (nSPS) is 11.8. The van der Waals surface area contributed by atoms with Gasteiger partial charge in [-0.1, -0.05) is 32.4 Å². The van der Waals surface area contributed by atoms with Crippen molar-refractivity contribution in [3.8, 4) is 0 Å². The van der Waals surface area contributed by atoms with Gasteiger partial charge in [-0.25, -0.2) is 9.97 Å². The Balaban J connectivity index is 2.90. The lowest BCUT2D eigenvalue weighted by Crippen LogP contribution is -2.12. The Bertz CT molecular complexity index is 282. The van der Waals surface area contributed by atoms with E-state index >= 15 is 0 Å². The average molecular weight is 199 g/mol. The van der Waals surface area contributed by atoms with E-state index in [2.05, 4.69) is 30.7 Å². The number of aryl methyl sites for hydroxylation is 1. The summed E-state index contributed by atoms with van der Waals surface area (Å²) < 4.78 is 0. The largest absolute Gasteiger partial charge is 0.238 e. The van der Waals surface area contributed by atoms with Crippen LogP contribution in [0, 0.1) is 12.3 Å². The first-order valence-electron chi connectivity index (χ1n) is 4.37. The maximum absolute atomic E-state index is 5.83. The predicted octanol–water partition coefficient (Wildman–Crippen LogP) is 3.03. The van der Waals surface area contributed by atoms with Crippen LogP contribution < -0.4 is 0 Å². The van der Waals surface area contributed by atoms with Crippen LogP contribution in [0.4, 0.5) is 0 Å². The van der Waals surface area contributed by atoms with Gasteiger partial charge in [0.1, 0.15) is 11.0 Å². The van der Waals surface area contributed by atoms with Crippen molar-refractivity contribution in [3.05, 3.63) is 22.7 Å². The van der Waals surface area contributed by atoms with Gasteiger partial charge in [-0.2, -0.15) is 0 Å². The molecule has 13 heavy (non-hydrogen) atoms. The van der Waals surface area contributed by atoms with Gasteiger partial charge in [-0.15, -0.1) is 0 Å². The van der Waals surface area contributed by atoms with E-state index in [4.69, 9.17) is 11.6 Å². The van der Waals surface area contributed by atoms with Crippen LogP contribution in [0.15, 0.2) is 6.07 Å². The van der Waals surface area contributed by atoms with Crippen molar-refractivity contribution in [3.63, 3.8) is 0 Å². The summed E-state index contributed by atoms with van der Waals surface area (Å²) in [5, 5.41) is 0.534. The number of hydrogen-bond acceptors (Lipinski definition) is 2. The van der Waals surface area contributed by atoms with E-state index in [0.717, 1.165) is 17.9 Å². The van der Waals surface area contributed by atoms with E-state index in [1.807, 2.05) is 6.92 Å². The second kappa shape index (κ2) is 3.62. The molecule has 0 amide bonds. The fourth-order valence-electron chi connectivity index (χ4n) is 1.14. The summed E-state index contributed by atoms with van der Waals surface area (Å²) in [6, 6.07) is 1.77. The van der Waals surface area contributed by atoms with Crippen LogP contribution in [0.1, 0.15) is 32.3 Å². The van der Waals surface area contributed by atoms with Gasteiger partial charge in [-0.05, 0) is 18.4 Å². The molecule has 3 heteroatoms. The molecule has 1 aromatic rings. The van der Waals surface area contributed by atoms with Gasteiger partial charge >= 0.3 is 0 Å². The van der Waals surface area contributed by atoms with Crippen LogP contribution in [-0.4, -0.2) is 9.97 Å². The van der Waals surface area contributed by atoms with Gasteiger partial charge in [0, 0.05) is 12.1 Å². The molecule has 0 aromatic carbocycles. The molecule has 0 aliphatic heterocycles. The number of aromatic nitrogens is 2. The topological polar surface area (TPSA) is 25.8 Å². The second-order valence-electron chi connectivity index (χ2n) is 4.49. The molecular weight excluding hydrogens is 184 g/mol. The quantitative estimate of drug-likeness (QED) is 0.649. The molecule has 0 aliphatic carbocycles. The number of nitrogens with zero attached hydrogens (tertiary/aromatic N) is 2. The minimum absolute atomic E-state index is 0.205. The molecule has 0 saturated carbocycles. The number of halogens is 1. The SMILES string of the molecule is Cc1cc(Cl)nc(CC(C)(C)C)n1. The van der Waals surface area contributed by atoms with Crippen molar-refractivity contribution in [2.24, 2.45) is 5.41 Å².